The molecule has 0 spiro atoms. The van der Waals surface area contributed by atoms with Crippen molar-refractivity contribution in [2.24, 2.45) is 29.2 Å². The number of carboxylic acid groups (broad SMARTS) is 1. The van der Waals surface area contributed by atoms with E-state index in [0.29, 0.717) is 6.42 Å². The molecule has 1 aromatic rings. The summed E-state index contributed by atoms with van der Waals surface area (Å²) in [6.07, 6.45) is 1.06. The van der Waals surface area contributed by atoms with E-state index < -0.39 is 65.7 Å². The molecule has 15 heteroatoms. The van der Waals surface area contributed by atoms with E-state index in [-0.39, 0.29) is 55.8 Å². The summed E-state index contributed by atoms with van der Waals surface area (Å²) in [6, 6.07) is 0.925. The summed E-state index contributed by atoms with van der Waals surface area (Å²) in [5.74, 6) is -4.32. The number of carboxylic acids is 1. The lowest BCUT2D eigenvalue weighted by Crippen LogP contribution is -2.59. The lowest BCUT2D eigenvalue weighted by Gasteiger charge is -2.29. The van der Waals surface area contributed by atoms with Gasteiger partial charge in [-0.25, -0.2) is 4.79 Å². The minimum Gasteiger partial charge on any atom is -0.508 e. The molecule has 4 amide bonds. The van der Waals surface area contributed by atoms with Crippen LogP contribution in [-0.4, -0.2) is 82.5 Å². The molecule has 15 nitrogen and oxygen atoms in total. The van der Waals surface area contributed by atoms with Gasteiger partial charge in [-0.2, -0.15) is 0 Å². The molecule has 0 radical (unpaired) electrons. The average molecular weight is 663 g/mol. The molecule has 0 aliphatic carbocycles. The molecule has 0 unspecified atom stereocenters. The second kappa shape index (κ2) is 20.0. The molecule has 5 atom stereocenters. The van der Waals surface area contributed by atoms with Crippen LogP contribution in [-0.2, 0) is 30.4 Å². The molecule has 0 heterocycles. The van der Waals surface area contributed by atoms with Crippen LogP contribution in [0.4, 0.5) is 0 Å². The second-order valence-electron chi connectivity index (χ2n) is 13.0. The second-order valence-corrected chi connectivity index (χ2v) is 13.0. The van der Waals surface area contributed by atoms with Crippen molar-refractivity contribution in [1.29, 1.82) is 5.41 Å². The predicted octanol–water partition coefficient (Wildman–Crippen LogP) is 0.297. The molecule has 264 valence electrons. The van der Waals surface area contributed by atoms with Crippen LogP contribution in [0.25, 0.3) is 0 Å². The Morgan fingerprint density at radius 1 is 0.766 bits per heavy atom. The number of hydrogen-bond donors (Lipinski definition) is 10. The van der Waals surface area contributed by atoms with E-state index in [1.807, 2.05) is 27.7 Å². The minimum absolute atomic E-state index is 0.00573. The van der Waals surface area contributed by atoms with E-state index in [2.05, 4.69) is 26.6 Å². The molecule has 47 heavy (non-hydrogen) atoms. The van der Waals surface area contributed by atoms with E-state index in [1.54, 1.807) is 26.0 Å². The maximum Gasteiger partial charge on any atom is 0.326 e. The number of nitrogens with two attached hydrogens (primary N) is 2. The molecule has 0 saturated heterocycles. The normalized spacial score (nSPS) is 14.4. The molecule has 1 rings (SSSR count). The number of amides is 4. The van der Waals surface area contributed by atoms with Crippen molar-refractivity contribution in [3.05, 3.63) is 29.8 Å². The molecule has 0 bridgehead atoms. The highest BCUT2D eigenvalue weighted by atomic mass is 16.4. The Morgan fingerprint density at radius 3 is 1.72 bits per heavy atom. The molecule has 0 aromatic heterocycles. The minimum atomic E-state index is -1.25. The van der Waals surface area contributed by atoms with Crippen molar-refractivity contribution in [2.45, 2.75) is 104 Å². The first-order valence-electron chi connectivity index (χ1n) is 16.0. The number of benzene rings is 1. The van der Waals surface area contributed by atoms with Crippen molar-refractivity contribution in [2.75, 3.05) is 6.54 Å². The van der Waals surface area contributed by atoms with Gasteiger partial charge >= 0.3 is 5.97 Å². The SMILES string of the molecule is CC(C)C[C@H](NC(=O)[C@H](CC(C)C)NC(=O)[C@@H](N)Cc1ccc(O)cc1)C(=O)N[C@H](C(=O)N[C@@H](CCCNC(=N)N)C(=O)O)C(C)C. The highest BCUT2D eigenvalue weighted by Crippen LogP contribution is 2.13. The van der Waals surface area contributed by atoms with Gasteiger partial charge in [-0.1, -0.05) is 53.7 Å². The highest BCUT2D eigenvalue weighted by molar-refractivity contribution is 5.95. The van der Waals surface area contributed by atoms with Gasteiger partial charge in [0, 0.05) is 6.54 Å². The zero-order valence-electron chi connectivity index (χ0n) is 28.3. The number of carbonyl (C=O) groups excluding carboxylic acids is 4. The first kappa shape index (κ1) is 40.6. The monoisotopic (exact) mass is 662 g/mol. The quantitative estimate of drug-likeness (QED) is 0.0518. The zero-order chi connectivity index (χ0) is 35.8. The maximum atomic E-state index is 13.5. The smallest absolute Gasteiger partial charge is 0.326 e. The Labute approximate surface area is 276 Å². The lowest BCUT2D eigenvalue weighted by molar-refractivity contribution is -0.142. The van der Waals surface area contributed by atoms with Gasteiger partial charge in [0.1, 0.15) is 29.9 Å². The number of aromatic hydroxyl groups is 1. The van der Waals surface area contributed by atoms with Crippen molar-refractivity contribution < 1.29 is 34.2 Å². The Bertz CT molecular complexity index is 1210. The zero-order valence-corrected chi connectivity index (χ0v) is 28.3. The molecule has 0 fully saturated rings. The van der Waals surface area contributed by atoms with Crippen LogP contribution in [0.15, 0.2) is 24.3 Å². The third-order valence-corrected chi connectivity index (χ3v) is 7.26. The van der Waals surface area contributed by atoms with Crippen molar-refractivity contribution in [3.8, 4) is 5.75 Å². The van der Waals surface area contributed by atoms with Crippen molar-refractivity contribution in [1.82, 2.24) is 26.6 Å². The Morgan fingerprint density at radius 2 is 1.26 bits per heavy atom. The summed E-state index contributed by atoms with van der Waals surface area (Å²) in [5.41, 5.74) is 12.1. The van der Waals surface area contributed by atoms with Gasteiger partial charge < -0.3 is 48.3 Å². The molecular weight excluding hydrogens is 608 g/mol. The number of phenols is 1. The number of carbonyl (C=O) groups is 5. The van der Waals surface area contributed by atoms with Gasteiger partial charge in [-0.05, 0) is 67.6 Å². The van der Waals surface area contributed by atoms with E-state index >= 15 is 0 Å². The molecular formula is C32H54N8O7. The van der Waals surface area contributed by atoms with Crippen LogP contribution < -0.4 is 38.1 Å². The van der Waals surface area contributed by atoms with Crippen LogP contribution >= 0.6 is 0 Å². The molecule has 0 aliphatic rings. The van der Waals surface area contributed by atoms with Crippen LogP contribution in [0.1, 0.15) is 72.8 Å². The summed E-state index contributed by atoms with van der Waals surface area (Å²) in [6.45, 7) is 11.2. The summed E-state index contributed by atoms with van der Waals surface area (Å²) in [5, 5.41) is 39.5. The summed E-state index contributed by atoms with van der Waals surface area (Å²) >= 11 is 0. The first-order valence-corrected chi connectivity index (χ1v) is 16.0. The first-order chi connectivity index (χ1) is 21.9. The van der Waals surface area contributed by atoms with Gasteiger partial charge in [-0.15, -0.1) is 0 Å². The van der Waals surface area contributed by atoms with Gasteiger partial charge in [-0.3, -0.25) is 24.6 Å². The maximum absolute atomic E-state index is 13.5. The van der Waals surface area contributed by atoms with E-state index in [1.165, 1.54) is 12.1 Å². The highest BCUT2D eigenvalue weighted by Gasteiger charge is 2.33. The lowest BCUT2D eigenvalue weighted by atomic mass is 9.98. The number of guanidine groups is 1. The summed E-state index contributed by atoms with van der Waals surface area (Å²) in [7, 11) is 0. The average Bonchev–Trinajstić information content (AvgIpc) is 2.96. The Hall–Kier alpha value is -4.40. The van der Waals surface area contributed by atoms with Crippen molar-refractivity contribution in [3.63, 3.8) is 0 Å². The van der Waals surface area contributed by atoms with Gasteiger partial charge in [0.2, 0.25) is 23.6 Å². The number of nitrogens with one attached hydrogen (secondary N) is 6. The van der Waals surface area contributed by atoms with E-state index in [0.717, 1.165) is 5.56 Å². The fraction of sp³-hybridized carbons (Fsp3) is 0.625. The number of rotatable bonds is 20. The Balaban J connectivity index is 3.03. The molecule has 0 saturated carbocycles. The standard InChI is InChI=1S/C32H54N8O7/c1-17(2)14-24(38-27(42)22(33)16-20-9-11-21(41)12-10-20)28(43)39-25(15-18(3)4)29(44)40-26(19(5)6)30(45)37-23(31(46)47)8-7-13-36-32(34)35/h9-12,17-19,22-26,41H,7-8,13-16,33H2,1-6H3,(H,37,45)(H,38,42)(H,39,43)(H,40,44)(H,46,47)(H4,34,35,36)/t22-,23-,24-,25-,26-/m0/s1. The summed E-state index contributed by atoms with van der Waals surface area (Å²) < 4.78 is 0. The van der Waals surface area contributed by atoms with Crippen LogP contribution in [0.3, 0.4) is 0 Å². The third-order valence-electron chi connectivity index (χ3n) is 7.26. The van der Waals surface area contributed by atoms with Crippen molar-refractivity contribution >= 4 is 35.6 Å². The molecule has 12 N–H and O–H groups in total. The van der Waals surface area contributed by atoms with Crippen LogP contribution in [0.2, 0.25) is 0 Å². The predicted molar refractivity (Wildman–Crippen MR) is 178 cm³/mol. The Kier molecular flexibility index (Phi) is 17.3. The largest absolute Gasteiger partial charge is 0.508 e. The fourth-order valence-electron chi connectivity index (χ4n) is 4.77. The van der Waals surface area contributed by atoms with Crippen LogP contribution in [0.5, 0.6) is 5.75 Å². The fourth-order valence-corrected chi connectivity index (χ4v) is 4.77. The van der Waals surface area contributed by atoms with Gasteiger partial charge in [0.15, 0.2) is 5.96 Å². The summed E-state index contributed by atoms with van der Waals surface area (Å²) in [4.78, 5) is 65.1. The number of hydrogen-bond acceptors (Lipinski definition) is 8. The number of phenolic OH excluding ortho intramolecular Hbond substituents is 1. The van der Waals surface area contributed by atoms with E-state index in [9.17, 15) is 34.2 Å². The van der Waals surface area contributed by atoms with Gasteiger partial charge in [0.05, 0.1) is 6.04 Å². The molecule has 0 aliphatic heterocycles. The molecule has 1 aromatic carbocycles. The third kappa shape index (κ3) is 15.6. The topological polar surface area (TPSA) is 262 Å². The van der Waals surface area contributed by atoms with Crippen LogP contribution in [0, 0.1) is 23.2 Å². The van der Waals surface area contributed by atoms with Gasteiger partial charge in [0.25, 0.3) is 0 Å². The number of aliphatic carboxylic acids is 1. The van der Waals surface area contributed by atoms with E-state index in [4.69, 9.17) is 16.9 Å².